The first-order chi connectivity index (χ1) is 41.8. The van der Waals surface area contributed by atoms with Gasteiger partial charge < -0.3 is 24.0 Å². The van der Waals surface area contributed by atoms with Crippen LogP contribution in [0.5, 0.6) is 0 Å². The van der Waals surface area contributed by atoms with E-state index in [9.17, 15) is 13.2 Å². The fourth-order valence-corrected chi connectivity index (χ4v) is 10.9. The number of aromatic amines is 1. The fourth-order valence-electron chi connectivity index (χ4n) is 9.34. The third kappa shape index (κ3) is 13.8. The number of aryl methyl sites for hydroxylation is 1. The minimum absolute atomic E-state index is 0.299. The zero-order chi connectivity index (χ0) is 61.6. The van der Waals surface area contributed by atoms with Crippen molar-refractivity contribution in [3.8, 4) is 67.5 Å². The predicted octanol–water partition coefficient (Wildman–Crippen LogP) is 14.6. The number of ether oxygens (including phenoxy) is 2. The summed E-state index contributed by atoms with van der Waals surface area (Å²) in [7, 11) is -2.37. The molecule has 0 aliphatic carbocycles. The number of nitrogens with zero attached hydrogens (tertiary/aromatic N) is 17. The summed E-state index contributed by atoms with van der Waals surface area (Å²) >= 11 is 0. The number of halogens is 3. The van der Waals surface area contributed by atoms with Crippen molar-refractivity contribution in [3.63, 3.8) is 0 Å². The van der Waals surface area contributed by atoms with Crippen LogP contribution in [0.25, 0.3) is 99.0 Å². The molecule has 1 N–H and O–H groups in total. The molecule has 12 aromatic heterocycles. The van der Waals surface area contributed by atoms with E-state index < -0.39 is 34.0 Å². The Kier molecular flexibility index (Phi) is 17.6. The zero-order valence-electron chi connectivity index (χ0n) is 49.0. The maximum atomic E-state index is 13.9. The molecule has 0 amide bonds. The largest absolute Gasteiger partial charge is 0.362 e. The van der Waals surface area contributed by atoms with Crippen LogP contribution in [0.15, 0.2) is 134 Å². The van der Waals surface area contributed by atoms with Crippen molar-refractivity contribution < 1.29 is 22.6 Å². The van der Waals surface area contributed by atoms with Gasteiger partial charge in [0.15, 0.2) is 0 Å². The highest BCUT2D eigenvalue weighted by molar-refractivity contribution is 6.76. The van der Waals surface area contributed by atoms with E-state index in [4.69, 9.17) is 34.3 Å². The monoisotopic (exact) mass is 1200 g/mol. The molecular formula is C62H59F3N18O2Si2. The normalized spacial score (nSPS) is 11.5. The quantitative estimate of drug-likeness (QED) is 0.0420. The van der Waals surface area contributed by atoms with Gasteiger partial charge in [0, 0.05) is 98.5 Å². The minimum atomic E-state index is -1.19. The Balaban J connectivity index is 0.000000146. The smallest absolute Gasteiger partial charge is 0.254 e. The SMILES string of the molecule is [C-]#[N+]c1cnc2ccc(-c3c(-c4cccc(F)n4)n[nH]c3C)cn12.[C-]#[N+]c1cnc2ccc(-c3c(-c4cccc(F)n4)nn(COCC[Si](C)(C)C)c3C)cn12.[C-]#[N+]c1cnc2ccc(-c3cn(COCC[Si](C)(C)C)nc3-c3cccc(F)n3)cn12. The van der Waals surface area contributed by atoms with Crippen molar-refractivity contribution in [2.75, 3.05) is 13.2 Å². The maximum Gasteiger partial charge on any atom is 0.254 e. The summed E-state index contributed by atoms with van der Waals surface area (Å²) in [5.41, 5.74) is 11.7. The van der Waals surface area contributed by atoms with Crippen molar-refractivity contribution in [1.29, 1.82) is 0 Å². The minimum Gasteiger partial charge on any atom is -0.362 e. The van der Waals surface area contributed by atoms with E-state index in [1.807, 2.05) is 75.0 Å². The average Bonchev–Trinajstić information content (AvgIpc) is 2.26. The summed E-state index contributed by atoms with van der Waals surface area (Å²) in [5, 5.41) is 16.6. The molecule has 87 heavy (non-hydrogen) atoms. The predicted molar refractivity (Wildman–Crippen MR) is 332 cm³/mol. The van der Waals surface area contributed by atoms with Crippen molar-refractivity contribution >= 4 is 50.5 Å². The number of aromatic nitrogens is 15. The third-order valence-corrected chi connectivity index (χ3v) is 17.3. The molecule has 20 nitrogen and oxygen atoms in total. The summed E-state index contributed by atoms with van der Waals surface area (Å²) in [6.07, 6.45) is 12.0. The molecule has 0 radical (unpaired) electrons. The molecule has 0 aliphatic heterocycles. The first kappa shape index (κ1) is 59.9. The molecule has 0 spiro atoms. The molecule has 0 saturated heterocycles. The number of hydrogen-bond acceptors (Lipinski definition) is 11. The molecule has 438 valence electrons. The van der Waals surface area contributed by atoms with E-state index in [2.05, 4.69) is 99.0 Å². The van der Waals surface area contributed by atoms with Gasteiger partial charge in [0.05, 0.1) is 54.3 Å². The molecule has 0 unspecified atom stereocenters. The first-order valence-corrected chi connectivity index (χ1v) is 35.0. The highest BCUT2D eigenvalue weighted by Crippen LogP contribution is 2.37. The van der Waals surface area contributed by atoms with E-state index in [0.29, 0.717) is 95.2 Å². The van der Waals surface area contributed by atoms with Crippen LogP contribution in [0, 0.1) is 51.4 Å². The summed E-state index contributed by atoms with van der Waals surface area (Å²) in [6, 6.07) is 27.3. The van der Waals surface area contributed by atoms with Gasteiger partial charge in [-0.1, -0.05) is 77.2 Å². The summed E-state index contributed by atoms with van der Waals surface area (Å²) in [6.45, 7) is 41.6. The lowest BCUT2D eigenvalue weighted by Gasteiger charge is -2.15. The molecule has 0 atom stereocenters. The first-order valence-electron chi connectivity index (χ1n) is 27.6. The lowest BCUT2D eigenvalue weighted by atomic mass is 10.0. The average molecular weight is 1200 g/mol. The number of imidazole rings is 3. The molecule has 0 aromatic carbocycles. The van der Waals surface area contributed by atoms with E-state index in [0.717, 1.165) is 56.9 Å². The van der Waals surface area contributed by atoms with Gasteiger partial charge in [0.1, 0.15) is 30.5 Å². The van der Waals surface area contributed by atoms with Gasteiger partial charge >= 0.3 is 0 Å². The van der Waals surface area contributed by atoms with Crippen LogP contribution in [-0.4, -0.2) is 102 Å². The molecule has 12 rings (SSSR count). The van der Waals surface area contributed by atoms with Gasteiger partial charge in [-0.15, -0.1) is 0 Å². The van der Waals surface area contributed by atoms with Crippen molar-refractivity contribution in [3.05, 3.63) is 198 Å². The second-order valence-corrected chi connectivity index (χ2v) is 33.9. The highest BCUT2D eigenvalue weighted by Gasteiger charge is 2.24. The summed E-state index contributed by atoms with van der Waals surface area (Å²) < 4.78 is 61.6. The van der Waals surface area contributed by atoms with Crippen molar-refractivity contribution in [1.82, 2.24) is 72.9 Å². The molecule has 12 aromatic rings. The van der Waals surface area contributed by atoms with Crippen LogP contribution in [-0.2, 0) is 22.9 Å². The molecule has 25 heteroatoms. The lowest BCUT2D eigenvalue weighted by Crippen LogP contribution is -2.22. The van der Waals surface area contributed by atoms with Crippen molar-refractivity contribution in [2.24, 2.45) is 0 Å². The molecule has 0 aliphatic rings. The van der Waals surface area contributed by atoms with Crippen LogP contribution in [0.4, 0.5) is 30.6 Å². The number of hydrogen-bond donors (Lipinski definition) is 1. The topological polar surface area (TPSA) is 186 Å². The van der Waals surface area contributed by atoms with Gasteiger partial charge in [-0.05, 0) is 80.5 Å². The Labute approximate surface area is 501 Å². The highest BCUT2D eigenvalue weighted by atomic mass is 28.3. The zero-order valence-corrected chi connectivity index (χ0v) is 51.0. The van der Waals surface area contributed by atoms with Crippen LogP contribution < -0.4 is 0 Å². The Hall–Kier alpha value is -10.2. The van der Waals surface area contributed by atoms with Gasteiger partial charge in [-0.25, -0.2) is 52.5 Å². The fraction of sp³-hybridized carbons (Fsp3) is 0.226. The number of pyridine rings is 6. The van der Waals surface area contributed by atoms with Gasteiger partial charge in [0.25, 0.3) is 17.5 Å². The second kappa shape index (κ2) is 25.5. The molecule has 0 fully saturated rings. The standard InChI is InChI=1S/C23H25FN6OSi.C22H23FN6OSi.C17H11FN6/c1-16-22(17-9-10-20-26-13-21(25-2)29(20)14-17)23(18-7-6-8-19(24)27-18)28-30(16)15-31-11-12-32(3,4)5;1-24-21-12-25-20-9-8-16(13-29(20)21)17-14-28(15-30-10-11-31(2,3)4)27-22(17)18-6-5-7-19(23)26-18;1-10-16(17(23-22-10)12-4-3-5-13(18)21-12)11-6-7-14-20-8-15(19-2)24(14)9-11/h6-10,13-14H,11-12,15H2,1,3-5H3;5-9,12-14H,10-11,15H2,2-4H3;3-9H,1H3,(H,22,23). The van der Waals surface area contributed by atoms with E-state index >= 15 is 0 Å². The third-order valence-electron chi connectivity index (χ3n) is 13.9. The molecule has 0 bridgehead atoms. The second-order valence-electron chi connectivity index (χ2n) is 22.7. The Morgan fingerprint density at radius 2 is 0.943 bits per heavy atom. The van der Waals surface area contributed by atoms with E-state index in [1.54, 1.807) is 65.2 Å². The van der Waals surface area contributed by atoms with Crippen LogP contribution >= 0.6 is 0 Å². The number of H-pyrrole nitrogens is 1. The van der Waals surface area contributed by atoms with Crippen LogP contribution in [0.3, 0.4) is 0 Å². The summed E-state index contributed by atoms with van der Waals surface area (Å²) in [4.78, 5) is 35.2. The number of rotatable bonds is 16. The number of nitrogens with one attached hydrogen (secondary N) is 1. The van der Waals surface area contributed by atoms with Crippen LogP contribution in [0.1, 0.15) is 11.4 Å². The lowest BCUT2D eigenvalue weighted by molar-refractivity contribution is 0.0773. The Morgan fingerprint density at radius 1 is 0.506 bits per heavy atom. The Bertz CT molecular complexity index is 4600. The molecule has 12 heterocycles. The van der Waals surface area contributed by atoms with Gasteiger partial charge in [-0.3, -0.25) is 5.10 Å². The van der Waals surface area contributed by atoms with Gasteiger partial charge in [-0.2, -0.15) is 28.5 Å². The van der Waals surface area contributed by atoms with Crippen molar-refractivity contribution in [2.45, 2.75) is 78.7 Å². The Morgan fingerprint density at radius 3 is 1.41 bits per heavy atom. The molecular weight excluding hydrogens is 1140 g/mol. The van der Waals surface area contributed by atoms with E-state index in [1.165, 1.54) is 30.6 Å². The molecule has 0 saturated carbocycles. The number of fused-ring (bicyclic) bond motifs is 3. The van der Waals surface area contributed by atoms with Crippen LogP contribution in [0.2, 0.25) is 51.4 Å². The van der Waals surface area contributed by atoms with E-state index in [-0.39, 0.29) is 0 Å². The van der Waals surface area contributed by atoms with Gasteiger partial charge in [0.2, 0.25) is 34.8 Å². The summed E-state index contributed by atoms with van der Waals surface area (Å²) in [5.74, 6) is -0.411. The maximum absolute atomic E-state index is 13.9.